The standard InChI is InChI=1S/C16H22ClNO/c1-3-16(2,11-17)18-15(19)14-9-8-12-6-4-5-7-13(12)10-14/h4-7,14H,3,8-11H2,1-2H3,(H,18,19). The molecule has 1 aromatic carbocycles. The minimum atomic E-state index is -0.282. The second-order valence-electron chi connectivity index (χ2n) is 5.75. The second-order valence-corrected chi connectivity index (χ2v) is 6.01. The van der Waals surface area contributed by atoms with Crippen molar-refractivity contribution < 1.29 is 4.79 Å². The smallest absolute Gasteiger partial charge is 0.223 e. The minimum Gasteiger partial charge on any atom is -0.350 e. The Morgan fingerprint density at radius 3 is 2.74 bits per heavy atom. The highest BCUT2D eigenvalue weighted by atomic mass is 35.5. The van der Waals surface area contributed by atoms with Crippen LogP contribution in [0.2, 0.25) is 0 Å². The lowest BCUT2D eigenvalue weighted by Crippen LogP contribution is -2.50. The maximum Gasteiger partial charge on any atom is 0.223 e. The molecular formula is C16H22ClNO. The summed E-state index contributed by atoms with van der Waals surface area (Å²) >= 11 is 5.96. The number of alkyl halides is 1. The largest absolute Gasteiger partial charge is 0.350 e. The van der Waals surface area contributed by atoms with E-state index < -0.39 is 0 Å². The van der Waals surface area contributed by atoms with E-state index in [0.29, 0.717) is 5.88 Å². The van der Waals surface area contributed by atoms with Crippen molar-refractivity contribution in [3.8, 4) is 0 Å². The minimum absolute atomic E-state index is 0.0870. The van der Waals surface area contributed by atoms with E-state index in [1.165, 1.54) is 11.1 Å². The number of aryl methyl sites for hydroxylation is 1. The molecule has 0 saturated carbocycles. The molecule has 0 aliphatic heterocycles. The lowest BCUT2D eigenvalue weighted by molar-refractivity contribution is -0.127. The maximum absolute atomic E-state index is 12.4. The number of nitrogens with one attached hydrogen (secondary N) is 1. The van der Waals surface area contributed by atoms with Gasteiger partial charge in [0.25, 0.3) is 0 Å². The van der Waals surface area contributed by atoms with Gasteiger partial charge in [-0.3, -0.25) is 4.79 Å². The Morgan fingerprint density at radius 1 is 1.42 bits per heavy atom. The summed E-state index contributed by atoms with van der Waals surface area (Å²) in [5.41, 5.74) is 2.43. The Kier molecular flexibility index (Phi) is 4.51. The van der Waals surface area contributed by atoms with Gasteiger partial charge in [0.15, 0.2) is 0 Å². The van der Waals surface area contributed by atoms with Crippen LogP contribution < -0.4 is 5.32 Å². The topological polar surface area (TPSA) is 29.1 Å². The summed E-state index contributed by atoms with van der Waals surface area (Å²) in [4.78, 5) is 12.4. The number of carbonyl (C=O) groups excluding carboxylic acids is 1. The third kappa shape index (κ3) is 3.30. The average Bonchev–Trinajstić information content (AvgIpc) is 2.46. The van der Waals surface area contributed by atoms with Gasteiger partial charge in [0.2, 0.25) is 5.91 Å². The highest BCUT2D eigenvalue weighted by molar-refractivity contribution is 6.18. The van der Waals surface area contributed by atoms with Crippen molar-refractivity contribution in [2.45, 2.75) is 45.1 Å². The number of benzene rings is 1. The molecule has 0 bridgehead atoms. The van der Waals surface area contributed by atoms with Crippen LogP contribution in [0.3, 0.4) is 0 Å². The van der Waals surface area contributed by atoms with Crippen LogP contribution in [0.25, 0.3) is 0 Å². The van der Waals surface area contributed by atoms with E-state index in [1.807, 2.05) is 13.0 Å². The van der Waals surface area contributed by atoms with Crippen LogP contribution in [0.5, 0.6) is 0 Å². The zero-order valence-electron chi connectivity index (χ0n) is 11.7. The molecule has 2 unspecified atom stereocenters. The summed E-state index contributed by atoms with van der Waals surface area (Å²) in [6, 6.07) is 8.42. The summed E-state index contributed by atoms with van der Waals surface area (Å²) in [6.45, 7) is 4.06. The molecule has 3 heteroatoms. The van der Waals surface area contributed by atoms with E-state index in [2.05, 4.69) is 30.4 Å². The quantitative estimate of drug-likeness (QED) is 0.842. The number of hydrogen-bond donors (Lipinski definition) is 1. The van der Waals surface area contributed by atoms with Gasteiger partial charge in [-0.25, -0.2) is 0 Å². The molecule has 2 rings (SSSR count). The Morgan fingerprint density at radius 2 is 2.11 bits per heavy atom. The summed E-state index contributed by atoms with van der Waals surface area (Å²) in [5, 5.41) is 3.12. The zero-order valence-corrected chi connectivity index (χ0v) is 12.5. The van der Waals surface area contributed by atoms with E-state index >= 15 is 0 Å². The molecule has 0 fully saturated rings. The number of rotatable bonds is 4. The predicted octanol–water partition coefficient (Wildman–Crippen LogP) is 3.32. The fraction of sp³-hybridized carbons (Fsp3) is 0.562. The van der Waals surface area contributed by atoms with Gasteiger partial charge in [0.05, 0.1) is 5.54 Å². The van der Waals surface area contributed by atoms with Crippen molar-refractivity contribution in [2.24, 2.45) is 5.92 Å². The SMILES string of the molecule is CCC(C)(CCl)NC(=O)C1CCc2ccccc2C1. The van der Waals surface area contributed by atoms with Gasteiger partial charge in [0.1, 0.15) is 0 Å². The Hall–Kier alpha value is -1.02. The summed E-state index contributed by atoms with van der Waals surface area (Å²) in [6.07, 6.45) is 3.64. The van der Waals surface area contributed by atoms with Crippen molar-refractivity contribution in [3.05, 3.63) is 35.4 Å². The molecule has 0 radical (unpaired) electrons. The van der Waals surface area contributed by atoms with Crippen LogP contribution in [0.15, 0.2) is 24.3 Å². The van der Waals surface area contributed by atoms with Gasteiger partial charge in [-0.05, 0) is 43.7 Å². The number of fused-ring (bicyclic) bond motifs is 1. The summed E-state index contributed by atoms with van der Waals surface area (Å²) in [7, 11) is 0. The molecule has 1 N–H and O–H groups in total. The van der Waals surface area contributed by atoms with Crippen molar-refractivity contribution >= 4 is 17.5 Å². The van der Waals surface area contributed by atoms with Gasteiger partial charge in [-0.15, -0.1) is 11.6 Å². The van der Waals surface area contributed by atoms with Crippen molar-refractivity contribution in [1.29, 1.82) is 0 Å². The molecule has 104 valence electrons. The van der Waals surface area contributed by atoms with Crippen LogP contribution in [0.1, 0.15) is 37.8 Å². The number of amides is 1. The first-order valence-corrected chi connectivity index (χ1v) is 7.56. The molecule has 0 aromatic heterocycles. The Bertz CT molecular complexity index is 454. The molecule has 1 aromatic rings. The molecule has 19 heavy (non-hydrogen) atoms. The van der Waals surface area contributed by atoms with Crippen LogP contribution >= 0.6 is 11.6 Å². The molecule has 2 nitrogen and oxygen atoms in total. The molecule has 2 atom stereocenters. The van der Waals surface area contributed by atoms with E-state index in [0.717, 1.165) is 25.7 Å². The summed E-state index contributed by atoms with van der Waals surface area (Å²) < 4.78 is 0. The fourth-order valence-corrected chi connectivity index (χ4v) is 2.79. The Balaban J connectivity index is 2.03. The third-order valence-corrected chi connectivity index (χ3v) is 4.81. The Labute approximate surface area is 120 Å². The maximum atomic E-state index is 12.4. The number of carbonyl (C=O) groups is 1. The van der Waals surface area contributed by atoms with Crippen molar-refractivity contribution in [1.82, 2.24) is 5.32 Å². The molecule has 0 spiro atoms. The first-order valence-electron chi connectivity index (χ1n) is 7.03. The van der Waals surface area contributed by atoms with Crippen LogP contribution in [-0.4, -0.2) is 17.3 Å². The lowest BCUT2D eigenvalue weighted by atomic mass is 9.83. The predicted molar refractivity (Wildman–Crippen MR) is 79.5 cm³/mol. The zero-order chi connectivity index (χ0) is 13.9. The van der Waals surface area contributed by atoms with Crippen LogP contribution in [-0.2, 0) is 17.6 Å². The molecule has 1 amide bonds. The van der Waals surface area contributed by atoms with Gasteiger partial charge >= 0.3 is 0 Å². The molecule has 1 aliphatic rings. The van der Waals surface area contributed by atoms with Gasteiger partial charge < -0.3 is 5.32 Å². The van der Waals surface area contributed by atoms with E-state index in [9.17, 15) is 4.79 Å². The third-order valence-electron chi connectivity index (χ3n) is 4.22. The average molecular weight is 280 g/mol. The lowest BCUT2D eigenvalue weighted by Gasteiger charge is -2.31. The van der Waals surface area contributed by atoms with Crippen LogP contribution in [0.4, 0.5) is 0 Å². The first kappa shape index (κ1) is 14.4. The van der Waals surface area contributed by atoms with Gasteiger partial charge in [-0.2, -0.15) is 0 Å². The van der Waals surface area contributed by atoms with Crippen LogP contribution in [0, 0.1) is 5.92 Å². The normalized spacial score (nSPS) is 21.3. The highest BCUT2D eigenvalue weighted by Crippen LogP contribution is 2.26. The van der Waals surface area contributed by atoms with Crippen molar-refractivity contribution in [2.75, 3.05) is 5.88 Å². The van der Waals surface area contributed by atoms with E-state index in [4.69, 9.17) is 11.6 Å². The number of hydrogen-bond acceptors (Lipinski definition) is 1. The van der Waals surface area contributed by atoms with E-state index in [1.54, 1.807) is 0 Å². The first-order chi connectivity index (χ1) is 9.08. The monoisotopic (exact) mass is 279 g/mol. The fourth-order valence-electron chi connectivity index (χ4n) is 2.54. The number of halogens is 1. The highest BCUT2D eigenvalue weighted by Gasteiger charge is 2.29. The molecular weight excluding hydrogens is 258 g/mol. The van der Waals surface area contributed by atoms with E-state index in [-0.39, 0.29) is 17.4 Å². The second kappa shape index (κ2) is 5.96. The molecule has 0 saturated heterocycles. The summed E-state index contributed by atoms with van der Waals surface area (Å²) in [5.74, 6) is 0.696. The van der Waals surface area contributed by atoms with Crippen molar-refractivity contribution in [3.63, 3.8) is 0 Å². The van der Waals surface area contributed by atoms with Gasteiger partial charge in [0, 0.05) is 11.8 Å². The molecule has 0 heterocycles. The molecule has 1 aliphatic carbocycles. The van der Waals surface area contributed by atoms with Gasteiger partial charge in [-0.1, -0.05) is 31.2 Å².